The van der Waals surface area contributed by atoms with E-state index in [1.54, 1.807) is 6.92 Å². The molecule has 1 atom stereocenters. The summed E-state index contributed by atoms with van der Waals surface area (Å²) in [7, 11) is 0. The second-order valence-corrected chi connectivity index (χ2v) is 4.42. The molecule has 0 aliphatic heterocycles. The van der Waals surface area contributed by atoms with E-state index >= 15 is 0 Å². The first-order chi connectivity index (χ1) is 9.86. The topological polar surface area (TPSA) is 78.4 Å². The van der Waals surface area contributed by atoms with Gasteiger partial charge in [0, 0.05) is 12.6 Å². The lowest BCUT2D eigenvalue weighted by molar-refractivity contribution is -0.136. The van der Waals surface area contributed by atoms with E-state index in [1.807, 2.05) is 5.32 Å². The van der Waals surface area contributed by atoms with Crippen LogP contribution in [0.1, 0.15) is 19.8 Å². The quantitative estimate of drug-likeness (QED) is 0.567. The highest BCUT2D eigenvalue weighted by atomic mass is 19.2. The minimum Gasteiger partial charge on any atom is -0.396 e. The predicted octanol–water partition coefficient (Wildman–Crippen LogP) is 1.32. The fourth-order valence-electron chi connectivity index (χ4n) is 1.56. The number of hydrogen-bond donors (Lipinski definition) is 3. The number of benzene rings is 1. The van der Waals surface area contributed by atoms with Crippen molar-refractivity contribution in [3.8, 4) is 0 Å². The number of carbonyl (C=O) groups excluding carboxylic acids is 2. The molecule has 0 aliphatic rings. The molecule has 3 N–H and O–H groups in total. The summed E-state index contributed by atoms with van der Waals surface area (Å²) in [6.45, 7) is 1.57. The van der Waals surface area contributed by atoms with E-state index in [-0.39, 0.29) is 12.6 Å². The number of aliphatic hydroxyl groups excluding tert-OH is 1. The highest BCUT2D eigenvalue weighted by Crippen LogP contribution is 2.19. The van der Waals surface area contributed by atoms with Gasteiger partial charge in [0.05, 0.1) is 5.69 Å². The van der Waals surface area contributed by atoms with Gasteiger partial charge in [-0.2, -0.15) is 0 Å². The van der Waals surface area contributed by atoms with Crippen LogP contribution in [0.2, 0.25) is 0 Å². The second-order valence-electron chi connectivity index (χ2n) is 4.42. The van der Waals surface area contributed by atoms with Crippen LogP contribution >= 0.6 is 0 Å². The summed E-state index contributed by atoms with van der Waals surface area (Å²) >= 11 is 0. The van der Waals surface area contributed by atoms with Crippen LogP contribution in [-0.4, -0.2) is 29.6 Å². The van der Waals surface area contributed by atoms with Crippen LogP contribution in [0.3, 0.4) is 0 Å². The van der Waals surface area contributed by atoms with Crippen LogP contribution in [0, 0.1) is 17.5 Å². The van der Waals surface area contributed by atoms with Crippen molar-refractivity contribution < 1.29 is 27.9 Å². The number of anilines is 1. The predicted molar refractivity (Wildman–Crippen MR) is 68.9 cm³/mol. The van der Waals surface area contributed by atoms with E-state index in [9.17, 15) is 22.8 Å². The van der Waals surface area contributed by atoms with Crippen LogP contribution in [0.4, 0.5) is 18.9 Å². The van der Waals surface area contributed by atoms with Gasteiger partial charge < -0.3 is 15.7 Å². The van der Waals surface area contributed by atoms with Crippen molar-refractivity contribution >= 4 is 17.5 Å². The molecule has 0 heterocycles. The van der Waals surface area contributed by atoms with E-state index in [0.717, 1.165) is 6.07 Å². The molecule has 1 rings (SSSR count). The fraction of sp³-hybridized carbons (Fsp3) is 0.385. The third kappa shape index (κ3) is 4.75. The molecule has 0 bridgehead atoms. The second kappa shape index (κ2) is 7.63. The van der Waals surface area contributed by atoms with Gasteiger partial charge in [0.2, 0.25) is 0 Å². The highest BCUT2D eigenvalue weighted by molar-refractivity contribution is 6.39. The maximum atomic E-state index is 13.3. The molecular formula is C13H15F3N2O3. The van der Waals surface area contributed by atoms with Gasteiger partial charge >= 0.3 is 11.8 Å². The Kier molecular flexibility index (Phi) is 6.16. The van der Waals surface area contributed by atoms with E-state index in [2.05, 4.69) is 5.32 Å². The van der Waals surface area contributed by atoms with Crippen LogP contribution in [0.25, 0.3) is 0 Å². The van der Waals surface area contributed by atoms with Gasteiger partial charge in [0.1, 0.15) is 0 Å². The lowest BCUT2D eigenvalue weighted by Gasteiger charge is -2.13. The summed E-state index contributed by atoms with van der Waals surface area (Å²) < 4.78 is 39.0. The van der Waals surface area contributed by atoms with Gasteiger partial charge in [-0.05, 0) is 31.9 Å². The monoisotopic (exact) mass is 304 g/mol. The molecule has 0 spiro atoms. The number of nitrogens with one attached hydrogen (secondary N) is 2. The maximum Gasteiger partial charge on any atom is 0.313 e. The Balaban J connectivity index is 2.65. The molecule has 5 nitrogen and oxygen atoms in total. The Hall–Kier alpha value is -2.09. The Morgan fingerprint density at radius 3 is 2.48 bits per heavy atom. The molecule has 2 amide bonds. The van der Waals surface area contributed by atoms with Gasteiger partial charge in [-0.3, -0.25) is 9.59 Å². The van der Waals surface area contributed by atoms with Gasteiger partial charge in [-0.1, -0.05) is 0 Å². The Morgan fingerprint density at radius 1 is 1.19 bits per heavy atom. The number of aliphatic hydroxyl groups is 1. The Bertz CT molecular complexity index is 538. The average molecular weight is 304 g/mol. The standard InChI is InChI=1S/C13H15F3N2O3/c1-7(3-2-6-19)17-12(20)13(21)18-9-5-4-8(14)10(15)11(9)16/h4-5,7,19H,2-3,6H2,1H3,(H,17,20)(H,18,21). The molecule has 0 fully saturated rings. The van der Waals surface area contributed by atoms with Crippen LogP contribution in [0.5, 0.6) is 0 Å². The molecule has 0 radical (unpaired) electrons. The van der Waals surface area contributed by atoms with Crippen molar-refractivity contribution in [3.63, 3.8) is 0 Å². The van der Waals surface area contributed by atoms with E-state index in [1.165, 1.54) is 0 Å². The first kappa shape index (κ1) is 17.0. The Labute approximate surface area is 119 Å². The minimum absolute atomic E-state index is 0.0491. The zero-order valence-electron chi connectivity index (χ0n) is 11.3. The number of rotatable bonds is 5. The first-order valence-electron chi connectivity index (χ1n) is 6.23. The zero-order chi connectivity index (χ0) is 16.0. The van der Waals surface area contributed by atoms with Gasteiger partial charge in [-0.15, -0.1) is 0 Å². The summed E-state index contributed by atoms with van der Waals surface area (Å²) in [5.41, 5.74) is -0.628. The summed E-state index contributed by atoms with van der Waals surface area (Å²) in [6, 6.07) is 1.08. The molecule has 0 saturated heterocycles. The van der Waals surface area contributed by atoms with E-state index < -0.39 is 35.0 Å². The number of hydrogen-bond acceptors (Lipinski definition) is 3. The SMILES string of the molecule is CC(CCCO)NC(=O)C(=O)Nc1ccc(F)c(F)c1F. The molecule has 1 aromatic carbocycles. The molecule has 21 heavy (non-hydrogen) atoms. The van der Waals surface area contributed by atoms with Crippen molar-refractivity contribution in [3.05, 3.63) is 29.6 Å². The van der Waals surface area contributed by atoms with Crippen molar-refractivity contribution in [2.45, 2.75) is 25.8 Å². The van der Waals surface area contributed by atoms with Crippen molar-refractivity contribution in [2.75, 3.05) is 11.9 Å². The normalized spacial score (nSPS) is 11.9. The van der Waals surface area contributed by atoms with Crippen LogP contribution in [-0.2, 0) is 9.59 Å². The van der Waals surface area contributed by atoms with Crippen LogP contribution < -0.4 is 10.6 Å². The lowest BCUT2D eigenvalue weighted by Crippen LogP contribution is -2.40. The zero-order valence-corrected chi connectivity index (χ0v) is 11.3. The number of amides is 2. The molecular weight excluding hydrogens is 289 g/mol. The summed E-state index contributed by atoms with van der Waals surface area (Å²) in [4.78, 5) is 23.0. The van der Waals surface area contributed by atoms with Gasteiger partial charge in [0.15, 0.2) is 17.5 Å². The summed E-state index contributed by atoms with van der Waals surface area (Å²) in [5, 5.41) is 12.8. The van der Waals surface area contributed by atoms with Gasteiger partial charge in [0.25, 0.3) is 0 Å². The largest absolute Gasteiger partial charge is 0.396 e. The highest BCUT2D eigenvalue weighted by Gasteiger charge is 2.20. The van der Waals surface area contributed by atoms with Crippen LogP contribution in [0.15, 0.2) is 12.1 Å². The lowest BCUT2D eigenvalue weighted by atomic mass is 10.2. The summed E-state index contributed by atoms with van der Waals surface area (Å²) in [6.07, 6.45) is 0.899. The van der Waals surface area contributed by atoms with E-state index in [4.69, 9.17) is 5.11 Å². The average Bonchev–Trinajstić information content (AvgIpc) is 2.45. The minimum atomic E-state index is -1.73. The first-order valence-corrected chi connectivity index (χ1v) is 6.23. The molecule has 1 unspecified atom stereocenters. The molecule has 0 aromatic heterocycles. The van der Waals surface area contributed by atoms with Gasteiger partial charge in [-0.25, -0.2) is 13.2 Å². The Morgan fingerprint density at radius 2 is 1.86 bits per heavy atom. The van der Waals surface area contributed by atoms with Crippen molar-refractivity contribution in [2.24, 2.45) is 0 Å². The third-order valence-corrected chi connectivity index (χ3v) is 2.66. The molecule has 8 heteroatoms. The summed E-state index contributed by atoms with van der Waals surface area (Å²) in [5.74, 6) is -6.94. The molecule has 1 aromatic rings. The van der Waals surface area contributed by atoms with E-state index in [0.29, 0.717) is 18.9 Å². The fourth-order valence-corrected chi connectivity index (χ4v) is 1.56. The number of halogens is 3. The number of carbonyl (C=O) groups is 2. The molecule has 0 saturated carbocycles. The molecule has 0 aliphatic carbocycles. The molecule has 116 valence electrons. The maximum absolute atomic E-state index is 13.3. The smallest absolute Gasteiger partial charge is 0.313 e. The third-order valence-electron chi connectivity index (χ3n) is 2.66. The van der Waals surface area contributed by atoms with Crippen molar-refractivity contribution in [1.82, 2.24) is 5.32 Å². The van der Waals surface area contributed by atoms with Crippen molar-refractivity contribution in [1.29, 1.82) is 0 Å².